The van der Waals surface area contributed by atoms with E-state index in [1.807, 2.05) is 0 Å². The van der Waals surface area contributed by atoms with E-state index in [4.69, 9.17) is 4.43 Å². The third-order valence-electron chi connectivity index (χ3n) is 3.81. The number of hydrogen-bond donors (Lipinski definition) is 0. The highest BCUT2D eigenvalue weighted by molar-refractivity contribution is 6.74. The fourth-order valence-corrected chi connectivity index (χ4v) is 2.38. The molecule has 1 aromatic carbocycles. The van der Waals surface area contributed by atoms with Crippen molar-refractivity contribution in [2.45, 2.75) is 58.9 Å². The summed E-state index contributed by atoms with van der Waals surface area (Å²) in [6, 6.07) is 8.72. The first-order chi connectivity index (χ1) is 7.76. The summed E-state index contributed by atoms with van der Waals surface area (Å²) in [5.74, 6) is 0. The Hall–Kier alpha value is -0.603. The molecule has 0 aliphatic heterocycles. The zero-order valence-corrected chi connectivity index (χ0v) is 13.1. The SMILES string of the molecule is CCc1cccc(CO[Si](C)(C)C(C)(C)C)c1. The lowest BCUT2D eigenvalue weighted by atomic mass is 10.1. The highest BCUT2D eigenvalue weighted by Gasteiger charge is 2.36. The van der Waals surface area contributed by atoms with Gasteiger partial charge in [-0.2, -0.15) is 0 Å². The molecule has 0 atom stereocenters. The average molecular weight is 250 g/mol. The first-order valence-corrected chi connectivity index (χ1v) is 9.39. The Kier molecular flexibility index (Phi) is 4.56. The molecule has 0 aliphatic carbocycles. The molecule has 0 bridgehead atoms. The van der Waals surface area contributed by atoms with Gasteiger partial charge in [0.15, 0.2) is 8.32 Å². The molecule has 0 unspecified atom stereocenters. The van der Waals surface area contributed by atoms with E-state index in [1.54, 1.807) is 0 Å². The summed E-state index contributed by atoms with van der Waals surface area (Å²) in [4.78, 5) is 0. The Morgan fingerprint density at radius 1 is 1.12 bits per heavy atom. The highest BCUT2D eigenvalue weighted by Crippen LogP contribution is 2.37. The van der Waals surface area contributed by atoms with E-state index < -0.39 is 8.32 Å². The summed E-state index contributed by atoms with van der Waals surface area (Å²) in [7, 11) is -1.62. The summed E-state index contributed by atoms with van der Waals surface area (Å²) in [6.07, 6.45) is 1.09. The predicted molar refractivity (Wildman–Crippen MR) is 77.8 cm³/mol. The van der Waals surface area contributed by atoms with Crippen LogP contribution in [0.1, 0.15) is 38.8 Å². The van der Waals surface area contributed by atoms with Gasteiger partial charge in [0.25, 0.3) is 0 Å². The van der Waals surface area contributed by atoms with Crippen LogP contribution in [-0.4, -0.2) is 8.32 Å². The Bertz CT molecular complexity index is 363. The van der Waals surface area contributed by atoms with E-state index in [0.717, 1.165) is 13.0 Å². The number of hydrogen-bond acceptors (Lipinski definition) is 1. The van der Waals surface area contributed by atoms with Crippen molar-refractivity contribution in [3.8, 4) is 0 Å². The van der Waals surface area contributed by atoms with Gasteiger partial charge in [-0.1, -0.05) is 52.0 Å². The molecule has 0 amide bonds. The molecular weight excluding hydrogens is 224 g/mol. The molecule has 2 heteroatoms. The fourth-order valence-electron chi connectivity index (χ4n) is 1.42. The summed E-state index contributed by atoms with van der Waals surface area (Å²) >= 11 is 0. The maximum absolute atomic E-state index is 6.22. The van der Waals surface area contributed by atoms with Crippen molar-refractivity contribution in [1.82, 2.24) is 0 Å². The van der Waals surface area contributed by atoms with Crippen molar-refractivity contribution in [3.63, 3.8) is 0 Å². The van der Waals surface area contributed by atoms with Gasteiger partial charge in [-0.25, -0.2) is 0 Å². The van der Waals surface area contributed by atoms with Gasteiger partial charge in [-0.15, -0.1) is 0 Å². The van der Waals surface area contributed by atoms with Crippen LogP contribution in [0.4, 0.5) is 0 Å². The largest absolute Gasteiger partial charge is 0.413 e. The van der Waals surface area contributed by atoms with Crippen molar-refractivity contribution < 1.29 is 4.43 Å². The molecule has 0 saturated carbocycles. The first kappa shape index (κ1) is 14.5. The van der Waals surface area contributed by atoms with Crippen LogP contribution in [0.3, 0.4) is 0 Å². The maximum Gasteiger partial charge on any atom is 0.192 e. The van der Waals surface area contributed by atoms with Gasteiger partial charge in [-0.05, 0) is 35.7 Å². The molecule has 0 N–H and O–H groups in total. The van der Waals surface area contributed by atoms with E-state index in [2.05, 4.69) is 65.1 Å². The van der Waals surface area contributed by atoms with Gasteiger partial charge in [0.2, 0.25) is 0 Å². The summed E-state index contributed by atoms with van der Waals surface area (Å²) < 4.78 is 6.22. The Balaban J connectivity index is 2.67. The summed E-state index contributed by atoms with van der Waals surface area (Å²) in [5.41, 5.74) is 2.69. The van der Waals surface area contributed by atoms with Crippen molar-refractivity contribution in [3.05, 3.63) is 35.4 Å². The molecule has 0 saturated heterocycles. The molecule has 0 radical (unpaired) electrons. The van der Waals surface area contributed by atoms with Crippen LogP contribution in [0.15, 0.2) is 24.3 Å². The van der Waals surface area contributed by atoms with Crippen LogP contribution in [-0.2, 0) is 17.5 Å². The van der Waals surface area contributed by atoms with Crippen molar-refractivity contribution in [2.24, 2.45) is 0 Å². The first-order valence-electron chi connectivity index (χ1n) is 6.48. The van der Waals surface area contributed by atoms with Gasteiger partial charge >= 0.3 is 0 Å². The standard InChI is InChI=1S/C15H26OSi/c1-7-13-9-8-10-14(11-13)12-16-17(5,6)15(2,3)4/h8-11H,7,12H2,1-6H3. The highest BCUT2D eigenvalue weighted by atomic mass is 28.4. The molecule has 0 aromatic heterocycles. The van der Waals surface area contributed by atoms with E-state index in [9.17, 15) is 0 Å². The van der Waals surface area contributed by atoms with E-state index in [0.29, 0.717) is 0 Å². The lowest BCUT2D eigenvalue weighted by Gasteiger charge is -2.36. The van der Waals surface area contributed by atoms with Crippen molar-refractivity contribution >= 4 is 8.32 Å². The predicted octanol–water partition coefficient (Wildman–Crippen LogP) is 4.77. The Morgan fingerprint density at radius 2 is 1.71 bits per heavy atom. The number of benzene rings is 1. The van der Waals surface area contributed by atoms with Crippen LogP contribution in [0.2, 0.25) is 18.1 Å². The second kappa shape index (κ2) is 5.36. The average Bonchev–Trinajstić information content (AvgIpc) is 2.25. The number of rotatable bonds is 4. The van der Waals surface area contributed by atoms with Gasteiger partial charge in [0.1, 0.15) is 0 Å². The van der Waals surface area contributed by atoms with Crippen molar-refractivity contribution in [2.75, 3.05) is 0 Å². The molecule has 0 spiro atoms. The molecule has 17 heavy (non-hydrogen) atoms. The van der Waals surface area contributed by atoms with Crippen LogP contribution < -0.4 is 0 Å². The fraction of sp³-hybridized carbons (Fsp3) is 0.600. The number of aryl methyl sites for hydroxylation is 1. The molecule has 0 heterocycles. The molecule has 1 nitrogen and oxygen atoms in total. The van der Waals surface area contributed by atoms with Gasteiger partial charge in [-0.3, -0.25) is 0 Å². The topological polar surface area (TPSA) is 9.23 Å². The third kappa shape index (κ3) is 3.97. The Morgan fingerprint density at radius 3 is 2.24 bits per heavy atom. The third-order valence-corrected chi connectivity index (χ3v) is 8.28. The minimum Gasteiger partial charge on any atom is -0.413 e. The van der Waals surface area contributed by atoms with Crippen LogP contribution in [0, 0.1) is 0 Å². The quantitative estimate of drug-likeness (QED) is 0.699. The second-order valence-corrected chi connectivity index (χ2v) is 11.0. The van der Waals surface area contributed by atoms with E-state index >= 15 is 0 Å². The lowest BCUT2D eigenvalue weighted by Crippen LogP contribution is -2.40. The van der Waals surface area contributed by atoms with Crippen molar-refractivity contribution in [1.29, 1.82) is 0 Å². The smallest absolute Gasteiger partial charge is 0.192 e. The monoisotopic (exact) mass is 250 g/mol. The van der Waals surface area contributed by atoms with Gasteiger partial charge in [0.05, 0.1) is 6.61 Å². The van der Waals surface area contributed by atoms with Crippen LogP contribution >= 0.6 is 0 Å². The second-order valence-electron chi connectivity index (χ2n) is 6.22. The van der Waals surface area contributed by atoms with Crippen LogP contribution in [0.5, 0.6) is 0 Å². The molecular formula is C15H26OSi. The van der Waals surface area contributed by atoms with Gasteiger partial charge in [0, 0.05) is 0 Å². The minimum atomic E-state index is -1.62. The minimum absolute atomic E-state index is 0.287. The zero-order chi connectivity index (χ0) is 13.1. The van der Waals surface area contributed by atoms with E-state index in [-0.39, 0.29) is 5.04 Å². The molecule has 1 rings (SSSR count). The van der Waals surface area contributed by atoms with Crippen LogP contribution in [0.25, 0.3) is 0 Å². The molecule has 1 aromatic rings. The normalized spacial score (nSPS) is 12.8. The summed E-state index contributed by atoms with van der Waals surface area (Å²) in [5, 5.41) is 0.287. The zero-order valence-electron chi connectivity index (χ0n) is 12.1. The lowest BCUT2D eigenvalue weighted by molar-refractivity contribution is 0.276. The Labute approximate surface area is 107 Å². The summed E-state index contributed by atoms with van der Waals surface area (Å²) in [6.45, 7) is 14.4. The molecule has 96 valence electrons. The molecule has 0 aliphatic rings. The maximum atomic E-state index is 6.22. The molecule has 0 fully saturated rings. The van der Waals surface area contributed by atoms with Gasteiger partial charge < -0.3 is 4.43 Å². The van der Waals surface area contributed by atoms with E-state index in [1.165, 1.54) is 11.1 Å².